The molecule has 63 heavy (non-hydrogen) atoms. The van der Waals surface area contributed by atoms with Crippen molar-refractivity contribution in [2.24, 2.45) is 0 Å². The summed E-state index contributed by atoms with van der Waals surface area (Å²) < 4.78 is 16.7. The van der Waals surface area contributed by atoms with Crippen molar-refractivity contribution in [3.05, 3.63) is 85.1 Å². The van der Waals surface area contributed by atoms with Gasteiger partial charge < -0.3 is 14.2 Å². The van der Waals surface area contributed by atoms with E-state index in [0.717, 1.165) is 70.6 Å². The van der Waals surface area contributed by atoms with Gasteiger partial charge in [0.15, 0.2) is 6.10 Å². The fourth-order valence-electron chi connectivity index (χ4n) is 6.99. The van der Waals surface area contributed by atoms with E-state index in [2.05, 4.69) is 93.7 Å². The Labute approximate surface area is 388 Å². The molecule has 1 atom stereocenters. The van der Waals surface area contributed by atoms with Crippen molar-refractivity contribution < 1.29 is 28.6 Å². The van der Waals surface area contributed by atoms with Gasteiger partial charge in [-0.1, -0.05) is 215 Å². The molecular weight excluding hydrogens is 781 g/mol. The van der Waals surface area contributed by atoms with Crippen LogP contribution < -0.4 is 0 Å². The molecule has 6 nitrogen and oxygen atoms in total. The summed E-state index contributed by atoms with van der Waals surface area (Å²) in [4.78, 5) is 37.8. The molecule has 0 aromatic heterocycles. The third-order valence-electron chi connectivity index (χ3n) is 10.9. The minimum Gasteiger partial charge on any atom is -0.462 e. The fourth-order valence-corrected chi connectivity index (χ4v) is 6.99. The standard InChI is InChI=1S/C57H96O6/c1-4-7-10-13-16-19-21-23-25-27-28-30-31-33-35-38-41-44-47-50-56(59)62-53-54(52-61-55(58)49-46-43-40-37-18-15-12-9-6-3)63-57(60)51-48-45-42-39-36-34-32-29-26-24-22-20-17-14-11-8-5-2/h9,12,16-21,23-24,26,37,43,46,54H,4-8,10-11,13-15,22,25,27-36,38-42,44-45,47-53H2,1-3H3/b12-9-,19-16-,20-17-,23-21-,26-24-,37-18-,46-43-. The molecule has 0 aromatic carbocycles. The van der Waals surface area contributed by atoms with Gasteiger partial charge in [-0.3, -0.25) is 14.4 Å². The Morgan fingerprint density at radius 3 is 1.21 bits per heavy atom. The van der Waals surface area contributed by atoms with E-state index in [9.17, 15) is 14.4 Å². The van der Waals surface area contributed by atoms with Gasteiger partial charge in [-0.05, 0) is 89.9 Å². The van der Waals surface area contributed by atoms with E-state index < -0.39 is 12.1 Å². The number of carbonyl (C=O) groups excluding carboxylic acids is 3. The minimum absolute atomic E-state index is 0.109. The van der Waals surface area contributed by atoms with Gasteiger partial charge in [-0.25, -0.2) is 0 Å². The Kier molecular flexibility index (Phi) is 48.5. The summed E-state index contributed by atoms with van der Waals surface area (Å²) in [5, 5.41) is 0. The van der Waals surface area contributed by atoms with E-state index in [1.54, 1.807) is 6.08 Å². The van der Waals surface area contributed by atoms with Crippen molar-refractivity contribution in [3.63, 3.8) is 0 Å². The van der Waals surface area contributed by atoms with Gasteiger partial charge in [0, 0.05) is 12.8 Å². The average Bonchev–Trinajstić information content (AvgIpc) is 3.28. The number of ether oxygens (including phenoxy) is 3. The number of esters is 3. The highest BCUT2D eigenvalue weighted by molar-refractivity contribution is 5.72. The van der Waals surface area contributed by atoms with Crippen LogP contribution in [0.1, 0.15) is 239 Å². The van der Waals surface area contributed by atoms with Crippen LogP contribution in [0.25, 0.3) is 0 Å². The molecule has 0 N–H and O–H groups in total. The number of hydrogen-bond donors (Lipinski definition) is 0. The van der Waals surface area contributed by atoms with Crippen LogP contribution in [0, 0.1) is 0 Å². The molecule has 0 bridgehead atoms. The van der Waals surface area contributed by atoms with Crippen LogP contribution in [-0.4, -0.2) is 37.2 Å². The Balaban J connectivity index is 4.36. The molecule has 0 amide bonds. The summed E-state index contributed by atoms with van der Waals surface area (Å²) in [5.41, 5.74) is 0. The lowest BCUT2D eigenvalue weighted by atomic mass is 10.1. The highest BCUT2D eigenvalue weighted by Crippen LogP contribution is 2.14. The SMILES string of the molecule is CC/C=C\C/C=C\C/C=C\CC(=O)OCC(COC(=O)CCCCCCCCCCCC/C=C\C=C/CCCCC)OC(=O)CCCCCCCCC/C=C\C/C=C\CCCCC. The molecular formula is C57H96O6. The molecule has 0 radical (unpaired) electrons. The molecule has 0 aliphatic rings. The lowest BCUT2D eigenvalue weighted by Crippen LogP contribution is -2.30. The van der Waals surface area contributed by atoms with E-state index in [1.165, 1.54) is 128 Å². The minimum atomic E-state index is -0.817. The lowest BCUT2D eigenvalue weighted by molar-refractivity contribution is -0.166. The summed E-state index contributed by atoms with van der Waals surface area (Å²) in [6.45, 7) is 6.36. The smallest absolute Gasteiger partial charge is 0.309 e. The molecule has 0 fully saturated rings. The first-order valence-corrected chi connectivity index (χ1v) is 26.1. The van der Waals surface area contributed by atoms with Crippen molar-refractivity contribution in [1.29, 1.82) is 0 Å². The van der Waals surface area contributed by atoms with Crippen LogP contribution in [0.2, 0.25) is 0 Å². The van der Waals surface area contributed by atoms with Gasteiger partial charge in [0.05, 0.1) is 6.42 Å². The van der Waals surface area contributed by atoms with Crippen LogP contribution in [-0.2, 0) is 28.6 Å². The molecule has 1 unspecified atom stereocenters. The Morgan fingerprint density at radius 2 is 0.730 bits per heavy atom. The van der Waals surface area contributed by atoms with Gasteiger partial charge >= 0.3 is 17.9 Å². The van der Waals surface area contributed by atoms with Crippen molar-refractivity contribution in [1.82, 2.24) is 0 Å². The molecule has 0 rings (SSSR count). The van der Waals surface area contributed by atoms with E-state index >= 15 is 0 Å². The molecule has 0 saturated carbocycles. The quantitative estimate of drug-likeness (QED) is 0.0199. The first-order valence-electron chi connectivity index (χ1n) is 26.1. The van der Waals surface area contributed by atoms with Gasteiger partial charge in [0.2, 0.25) is 0 Å². The molecule has 0 saturated heterocycles. The van der Waals surface area contributed by atoms with Crippen LogP contribution in [0.5, 0.6) is 0 Å². The summed E-state index contributed by atoms with van der Waals surface area (Å²) in [6, 6.07) is 0. The summed E-state index contributed by atoms with van der Waals surface area (Å²) in [7, 11) is 0. The second kappa shape index (κ2) is 51.2. The zero-order valence-corrected chi connectivity index (χ0v) is 41.1. The fraction of sp³-hybridized carbons (Fsp3) is 0.702. The second-order valence-corrected chi connectivity index (χ2v) is 17.1. The number of carbonyl (C=O) groups is 3. The number of allylic oxidation sites excluding steroid dienone is 13. The highest BCUT2D eigenvalue weighted by atomic mass is 16.6. The average molecular weight is 877 g/mol. The maximum atomic E-state index is 12.8. The first kappa shape index (κ1) is 59.6. The third kappa shape index (κ3) is 49.5. The van der Waals surface area contributed by atoms with Crippen LogP contribution >= 0.6 is 0 Å². The van der Waals surface area contributed by atoms with Crippen LogP contribution in [0.15, 0.2) is 85.1 Å². The predicted octanol–water partition coefficient (Wildman–Crippen LogP) is 17.2. The van der Waals surface area contributed by atoms with Gasteiger partial charge in [0.1, 0.15) is 13.2 Å². The summed E-state index contributed by atoms with van der Waals surface area (Å²) >= 11 is 0. The molecule has 0 heterocycles. The van der Waals surface area contributed by atoms with E-state index in [0.29, 0.717) is 12.8 Å². The predicted molar refractivity (Wildman–Crippen MR) is 270 cm³/mol. The van der Waals surface area contributed by atoms with Crippen LogP contribution in [0.4, 0.5) is 0 Å². The van der Waals surface area contributed by atoms with Crippen molar-refractivity contribution >= 4 is 17.9 Å². The molecule has 6 heteroatoms. The topological polar surface area (TPSA) is 78.9 Å². The molecule has 360 valence electrons. The monoisotopic (exact) mass is 877 g/mol. The maximum absolute atomic E-state index is 12.8. The normalized spacial score (nSPS) is 12.7. The largest absolute Gasteiger partial charge is 0.462 e. The zero-order chi connectivity index (χ0) is 45.8. The van der Waals surface area contributed by atoms with Crippen molar-refractivity contribution in [2.45, 2.75) is 245 Å². The highest BCUT2D eigenvalue weighted by Gasteiger charge is 2.19. The maximum Gasteiger partial charge on any atom is 0.309 e. The molecule has 0 aliphatic carbocycles. The van der Waals surface area contributed by atoms with Crippen molar-refractivity contribution in [2.75, 3.05) is 13.2 Å². The molecule has 0 aromatic rings. The summed E-state index contributed by atoms with van der Waals surface area (Å²) in [6.07, 6.45) is 66.0. The molecule has 0 aliphatic heterocycles. The third-order valence-corrected chi connectivity index (χ3v) is 10.9. The van der Waals surface area contributed by atoms with Gasteiger partial charge in [-0.2, -0.15) is 0 Å². The Morgan fingerprint density at radius 1 is 0.365 bits per heavy atom. The number of unbranched alkanes of at least 4 members (excludes halogenated alkanes) is 23. The summed E-state index contributed by atoms with van der Waals surface area (Å²) in [5.74, 6) is -1.05. The number of rotatable bonds is 46. The van der Waals surface area contributed by atoms with E-state index in [1.807, 2.05) is 6.08 Å². The first-order chi connectivity index (χ1) is 31.0. The van der Waals surface area contributed by atoms with Crippen molar-refractivity contribution in [3.8, 4) is 0 Å². The van der Waals surface area contributed by atoms with Gasteiger partial charge in [0.25, 0.3) is 0 Å². The Hall–Kier alpha value is -3.41. The van der Waals surface area contributed by atoms with E-state index in [-0.39, 0.29) is 31.6 Å². The second-order valence-electron chi connectivity index (χ2n) is 17.1. The number of hydrogen-bond acceptors (Lipinski definition) is 6. The van der Waals surface area contributed by atoms with Crippen LogP contribution in [0.3, 0.4) is 0 Å². The van der Waals surface area contributed by atoms with Gasteiger partial charge in [-0.15, -0.1) is 0 Å². The Bertz CT molecular complexity index is 1240. The lowest BCUT2D eigenvalue weighted by Gasteiger charge is -2.18. The van der Waals surface area contributed by atoms with E-state index in [4.69, 9.17) is 14.2 Å². The molecule has 0 spiro atoms. The zero-order valence-electron chi connectivity index (χ0n) is 41.1.